The third-order valence-electron chi connectivity index (χ3n) is 5.52. The Morgan fingerprint density at radius 3 is 2.81 bits per heavy atom. The average Bonchev–Trinajstić information content (AvgIpc) is 3.46. The van der Waals surface area contributed by atoms with Crippen LogP contribution in [0.4, 0.5) is 10.8 Å². The number of nitrogens with zero attached hydrogens (tertiary/aromatic N) is 7. The van der Waals surface area contributed by atoms with Gasteiger partial charge in [0.15, 0.2) is 5.01 Å². The van der Waals surface area contributed by atoms with Crippen molar-refractivity contribution in [2.24, 2.45) is 5.73 Å². The highest BCUT2D eigenvalue weighted by molar-refractivity contribution is 7.18. The number of rotatable bonds is 4. The van der Waals surface area contributed by atoms with Gasteiger partial charge in [0.1, 0.15) is 6.07 Å². The van der Waals surface area contributed by atoms with E-state index in [4.69, 9.17) is 11.0 Å². The number of nitriles is 1. The summed E-state index contributed by atoms with van der Waals surface area (Å²) in [6.45, 7) is 1.82. The van der Waals surface area contributed by atoms with Crippen LogP contribution in [0.3, 0.4) is 0 Å². The third-order valence-corrected chi connectivity index (χ3v) is 6.54. The summed E-state index contributed by atoms with van der Waals surface area (Å²) in [5.74, 6) is 0. The van der Waals surface area contributed by atoms with Gasteiger partial charge in [-0.1, -0.05) is 11.3 Å². The van der Waals surface area contributed by atoms with Crippen molar-refractivity contribution in [3.8, 4) is 28.0 Å². The molecular weight excluding hydrogens is 410 g/mol. The summed E-state index contributed by atoms with van der Waals surface area (Å²) < 4.78 is 1.78. The standard InChI is InChI=1S/C21H21N9S/c1-24-17-9-18(19-3-2-15-8-13(10-22)11-26-30(15)19)25-12-16(17)20-27-28-21(31-20)29-6-4-14(23)5-7-29/h2-3,8-9,11-12,14H,4-7,23H2,1H3,(H,24,25). The van der Waals surface area contributed by atoms with Gasteiger partial charge in [-0.3, -0.25) is 4.98 Å². The first-order valence-electron chi connectivity index (χ1n) is 10.1. The zero-order chi connectivity index (χ0) is 21.4. The maximum absolute atomic E-state index is 9.09. The molecule has 4 aromatic heterocycles. The summed E-state index contributed by atoms with van der Waals surface area (Å²) in [4.78, 5) is 6.92. The SMILES string of the molecule is CNc1cc(-c2ccc3cc(C#N)cnn23)ncc1-c1nnc(N2CCC(N)CC2)s1. The van der Waals surface area contributed by atoms with Crippen LogP contribution in [0.5, 0.6) is 0 Å². The number of pyridine rings is 1. The molecule has 0 bridgehead atoms. The molecule has 3 N–H and O–H groups in total. The van der Waals surface area contributed by atoms with E-state index in [1.54, 1.807) is 28.1 Å². The molecule has 0 saturated carbocycles. The van der Waals surface area contributed by atoms with Gasteiger partial charge in [-0.15, -0.1) is 10.2 Å². The van der Waals surface area contributed by atoms with Crippen LogP contribution in [-0.2, 0) is 0 Å². The summed E-state index contributed by atoms with van der Waals surface area (Å²) in [6.07, 6.45) is 5.32. The summed E-state index contributed by atoms with van der Waals surface area (Å²) in [7, 11) is 1.88. The van der Waals surface area contributed by atoms with Gasteiger partial charge in [0, 0.05) is 38.1 Å². The first-order valence-corrected chi connectivity index (χ1v) is 10.9. The van der Waals surface area contributed by atoms with Crippen molar-refractivity contribution in [2.75, 3.05) is 30.4 Å². The zero-order valence-corrected chi connectivity index (χ0v) is 17.8. The van der Waals surface area contributed by atoms with Crippen LogP contribution < -0.4 is 16.0 Å². The minimum atomic E-state index is 0.280. The first kappa shape index (κ1) is 19.4. The predicted octanol–water partition coefficient (Wildman–Crippen LogP) is 2.76. The van der Waals surface area contributed by atoms with Crippen LogP contribution in [0, 0.1) is 11.3 Å². The van der Waals surface area contributed by atoms with Crippen molar-refractivity contribution in [2.45, 2.75) is 18.9 Å². The molecule has 31 heavy (non-hydrogen) atoms. The molecular formula is C21H21N9S. The second kappa shape index (κ2) is 7.94. The Bertz CT molecular complexity index is 1280. The van der Waals surface area contributed by atoms with Gasteiger partial charge < -0.3 is 16.0 Å². The van der Waals surface area contributed by atoms with Crippen LogP contribution in [0.15, 0.2) is 36.7 Å². The van der Waals surface area contributed by atoms with E-state index in [-0.39, 0.29) is 6.04 Å². The van der Waals surface area contributed by atoms with Gasteiger partial charge in [-0.2, -0.15) is 10.4 Å². The maximum atomic E-state index is 9.09. The molecule has 0 atom stereocenters. The van der Waals surface area contributed by atoms with E-state index in [1.807, 2.05) is 31.4 Å². The molecule has 5 heterocycles. The van der Waals surface area contributed by atoms with Crippen LogP contribution in [0.2, 0.25) is 0 Å². The average molecular weight is 432 g/mol. The third kappa shape index (κ3) is 3.58. The van der Waals surface area contributed by atoms with Gasteiger partial charge in [0.05, 0.1) is 34.2 Å². The summed E-state index contributed by atoms with van der Waals surface area (Å²) in [5.41, 5.74) is 10.8. The molecule has 1 aliphatic heterocycles. The van der Waals surface area contributed by atoms with E-state index >= 15 is 0 Å². The maximum Gasteiger partial charge on any atom is 0.208 e. The number of anilines is 2. The lowest BCUT2D eigenvalue weighted by atomic mass is 10.1. The predicted molar refractivity (Wildman–Crippen MR) is 121 cm³/mol. The zero-order valence-electron chi connectivity index (χ0n) is 17.0. The number of nitrogens with one attached hydrogen (secondary N) is 1. The number of nitrogens with two attached hydrogens (primary N) is 1. The molecule has 5 rings (SSSR count). The Labute approximate surface area is 183 Å². The minimum Gasteiger partial charge on any atom is -0.387 e. The largest absolute Gasteiger partial charge is 0.387 e. The molecule has 1 aliphatic rings. The van der Waals surface area contributed by atoms with Crippen molar-refractivity contribution in [1.29, 1.82) is 5.26 Å². The van der Waals surface area contributed by atoms with Gasteiger partial charge in [0.25, 0.3) is 0 Å². The molecule has 0 unspecified atom stereocenters. The number of piperidine rings is 1. The second-order valence-corrected chi connectivity index (χ2v) is 8.45. The van der Waals surface area contributed by atoms with E-state index in [0.29, 0.717) is 5.56 Å². The molecule has 0 amide bonds. The van der Waals surface area contributed by atoms with E-state index in [2.05, 4.69) is 36.6 Å². The van der Waals surface area contributed by atoms with Crippen molar-refractivity contribution in [3.05, 3.63) is 42.2 Å². The van der Waals surface area contributed by atoms with Crippen molar-refractivity contribution >= 4 is 27.7 Å². The van der Waals surface area contributed by atoms with Crippen molar-refractivity contribution < 1.29 is 0 Å². The van der Waals surface area contributed by atoms with Crippen LogP contribution >= 0.6 is 11.3 Å². The Hall–Kier alpha value is -3.55. The second-order valence-electron chi connectivity index (χ2n) is 7.49. The summed E-state index contributed by atoms with van der Waals surface area (Å²) >= 11 is 1.57. The summed E-state index contributed by atoms with van der Waals surface area (Å²) in [5, 5.41) is 27.3. The topological polar surface area (TPSA) is 121 Å². The van der Waals surface area contributed by atoms with E-state index in [1.165, 1.54) is 0 Å². The van der Waals surface area contributed by atoms with Gasteiger partial charge in [-0.25, -0.2) is 4.52 Å². The van der Waals surface area contributed by atoms with Crippen LogP contribution in [0.25, 0.3) is 27.5 Å². The lowest BCUT2D eigenvalue weighted by Gasteiger charge is -2.29. The highest BCUT2D eigenvalue weighted by Crippen LogP contribution is 2.35. The first-order chi connectivity index (χ1) is 15.2. The minimum absolute atomic E-state index is 0.280. The van der Waals surface area contributed by atoms with Crippen LogP contribution in [0.1, 0.15) is 18.4 Å². The van der Waals surface area contributed by atoms with Crippen LogP contribution in [-0.4, -0.2) is 51.0 Å². The Kier molecular flexibility index (Phi) is 4.97. The van der Waals surface area contributed by atoms with Crippen molar-refractivity contribution in [3.63, 3.8) is 0 Å². The molecule has 0 aliphatic carbocycles. The van der Waals surface area contributed by atoms with Gasteiger partial charge in [-0.05, 0) is 37.1 Å². The highest BCUT2D eigenvalue weighted by Gasteiger charge is 2.21. The molecule has 0 aromatic carbocycles. The molecule has 0 radical (unpaired) electrons. The normalized spacial score (nSPS) is 14.7. The number of fused-ring (bicyclic) bond motifs is 1. The molecule has 4 aromatic rings. The Morgan fingerprint density at radius 1 is 1.19 bits per heavy atom. The fraction of sp³-hybridized carbons (Fsp3) is 0.286. The Morgan fingerprint density at radius 2 is 2.03 bits per heavy atom. The molecule has 1 saturated heterocycles. The van der Waals surface area contributed by atoms with Crippen molar-refractivity contribution in [1.82, 2.24) is 24.8 Å². The number of hydrogen-bond acceptors (Lipinski definition) is 9. The summed E-state index contributed by atoms with van der Waals surface area (Å²) in [6, 6.07) is 10.1. The molecule has 1 fully saturated rings. The molecule has 9 nitrogen and oxygen atoms in total. The lowest BCUT2D eigenvalue weighted by Crippen LogP contribution is -2.39. The highest BCUT2D eigenvalue weighted by atomic mass is 32.1. The monoisotopic (exact) mass is 431 g/mol. The number of aromatic nitrogens is 5. The van der Waals surface area contributed by atoms with E-state index in [0.717, 1.165) is 64.2 Å². The molecule has 10 heteroatoms. The fourth-order valence-electron chi connectivity index (χ4n) is 3.77. The van der Waals surface area contributed by atoms with E-state index < -0.39 is 0 Å². The van der Waals surface area contributed by atoms with Gasteiger partial charge >= 0.3 is 0 Å². The Balaban J connectivity index is 1.47. The van der Waals surface area contributed by atoms with Gasteiger partial charge in [0.2, 0.25) is 5.13 Å². The molecule has 156 valence electrons. The van der Waals surface area contributed by atoms with E-state index in [9.17, 15) is 0 Å². The number of hydrogen-bond donors (Lipinski definition) is 2. The quantitative estimate of drug-likeness (QED) is 0.506. The smallest absolute Gasteiger partial charge is 0.208 e. The molecule has 0 spiro atoms. The fourth-order valence-corrected chi connectivity index (χ4v) is 4.69. The lowest BCUT2D eigenvalue weighted by molar-refractivity contribution is 0.500.